The molecule has 0 atom stereocenters. The van der Waals surface area contributed by atoms with Gasteiger partial charge in [-0.25, -0.2) is 9.97 Å². The Kier molecular flexibility index (Phi) is 8.16. The van der Waals surface area contributed by atoms with E-state index in [-0.39, 0.29) is 5.41 Å². The number of benzene rings is 8. The lowest BCUT2D eigenvalue weighted by molar-refractivity contribution is 0.661. The second kappa shape index (κ2) is 13.9. The van der Waals surface area contributed by atoms with E-state index in [1.165, 1.54) is 60.7 Å². The van der Waals surface area contributed by atoms with Gasteiger partial charge in [-0.15, -0.1) is 0 Å². The first-order valence-corrected chi connectivity index (χ1v) is 20.2. The average molecular weight is 754 g/mol. The molecule has 8 aromatic carbocycles. The third-order valence-electron chi connectivity index (χ3n) is 12.2. The molecule has 0 aliphatic heterocycles. The van der Waals surface area contributed by atoms with Crippen LogP contribution >= 0.6 is 0 Å². The van der Waals surface area contributed by atoms with Crippen molar-refractivity contribution in [3.63, 3.8) is 0 Å². The zero-order valence-corrected chi connectivity index (χ0v) is 32.9. The molecule has 0 saturated heterocycles. The minimum Gasteiger partial charge on any atom is -0.264 e. The van der Waals surface area contributed by atoms with E-state index in [2.05, 4.69) is 183 Å². The van der Waals surface area contributed by atoms with Crippen LogP contribution in [0.25, 0.3) is 100.0 Å². The predicted molar refractivity (Wildman–Crippen MR) is 245 cm³/mol. The largest absolute Gasteiger partial charge is 0.264 e. The Hall–Kier alpha value is -7.49. The summed E-state index contributed by atoms with van der Waals surface area (Å²) in [5, 5.41) is 4.95. The fourth-order valence-electron chi connectivity index (χ4n) is 9.12. The van der Waals surface area contributed by atoms with Crippen LogP contribution in [0.1, 0.15) is 25.0 Å². The fraction of sp³-hybridized carbons (Fsp3) is 0.0536. The van der Waals surface area contributed by atoms with Gasteiger partial charge in [-0.3, -0.25) is 4.98 Å². The van der Waals surface area contributed by atoms with Crippen molar-refractivity contribution in [2.24, 2.45) is 0 Å². The van der Waals surface area contributed by atoms with Crippen molar-refractivity contribution in [2.75, 3.05) is 0 Å². The molecule has 1 aliphatic carbocycles. The monoisotopic (exact) mass is 753 g/mol. The third kappa shape index (κ3) is 5.94. The maximum atomic E-state index is 5.21. The number of pyridine rings is 1. The fourth-order valence-corrected chi connectivity index (χ4v) is 9.12. The van der Waals surface area contributed by atoms with Gasteiger partial charge in [0.2, 0.25) is 0 Å². The van der Waals surface area contributed by atoms with Crippen molar-refractivity contribution in [3.8, 4) is 78.4 Å². The quantitative estimate of drug-likeness (QED) is 0.170. The molecule has 59 heavy (non-hydrogen) atoms. The second-order valence-electron chi connectivity index (χ2n) is 16.0. The van der Waals surface area contributed by atoms with E-state index < -0.39 is 0 Å². The highest BCUT2D eigenvalue weighted by Gasteiger charge is 2.36. The Morgan fingerprint density at radius 1 is 0.373 bits per heavy atom. The van der Waals surface area contributed by atoms with Crippen molar-refractivity contribution in [1.29, 1.82) is 0 Å². The van der Waals surface area contributed by atoms with Gasteiger partial charge < -0.3 is 0 Å². The summed E-state index contributed by atoms with van der Waals surface area (Å²) in [5.41, 5.74) is 17.3. The summed E-state index contributed by atoms with van der Waals surface area (Å²) >= 11 is 0. The van der Waals surface area contributed by atoms with E-state index in [0.29, 0.717) is 5.82 Å². The van der Waals surface area contributed by atoms with Gasteiger partial charge in [0.1, 0.15) is 0 Å². The smallest absolute Gasteiger partial charge is 0.160 e. The molecular weight excluding hydrogens is 715 g/mol. The topological polar surface area (TPSA) is 38.7 Å². The Bertz CT molecular complexity index is 3200. The first-order chi connectivity index (χ1) is 29.0. The molecule has 0 N–H and O–H groups in total. The highest BCUT2D eigenvalue weighted by molar-refractivity contribution is 6.05. The van der Waals surface area contributed by atoms with E-state index in [1.54, 1.807) is 6.20 Å². The van der Waals surface area contributed by atoms with Gasteiger partial charge in [-0.05, 0) is 95.4 Å². The zero-order valence-electron chi connectivity index (χ0n) is 32.9. The maximum Gasteiger partial charge on any atom is 0.160 e. The SMILES string of the molecule is CC1(C)c2cc(-c3ccc(-c4ccc(-c5cc(-c6ccc(-c7cccnc7)cc6)nc(-c6ccccc6)n5)c5ccccc45)cc3)ccc2-c2c1ccc1ccccc21. The minimum atomic E-state index is -0.0808. The van der Waals surface area contributed by atoms with Crippen LogP contribution in [-0.2, 0) is 5.41 Å². The summed E-state index contributed by atoms with van der Waals surface area (Å²) in [5.74, 6) is 0.699. The number of fused-ring (bicyclic) bond motifs is 6. The highest BCUT2D eigenvalue weighted by Crippen LogP contribution is 2.52. The molecule has 0 bridgehead atoms. The van der Waals surface area contributed by atoms with Gasteiger partial charge in [0.25, 0.3) is 0 Å². The van der Waals surface area contributed by atoms with E-state index in [9.17, 15) is 0 Å². The van der Waals surface area contributed by atoms with Crippen LogP contribution in [0, 0.1) is 0 Å². The van der Waals surface area contributed by atoms with Crippen molar-refractivity contribution in [1.82, 2.24) is 15.0 Å². The van der Waals surface area contributed by atoms with Gasteiger partial charge in [0.15, 0.2) is 5.82 Å². The molecule has 2 heterocycles. The van der Waals surface area contributed by atoms with Crippen LogP contribution in [0.15, 0.2) is 200 Å². The molecule has 3 heteroatoms. The van der Waals surface area contributed by atoms with Crippen LogP contribution in [0.2, 0.25) is 0 Å². The Morgan fingerprint density at radius 3 is 1.73 bits per heavy atom. The third-order valence-corrected chi connectivity index (χ3v) is 12.2. The van der Waals surface area contributed by atoms with Crippen molar-refractivity contribution < 1.29 is 0 Å². The van der Waals surface area contributed by atoms with Crippen molar-refractivity contribution >= 4 is 21.5 Å². The van der Waals surface area contributed by atoms with E-state index in [4.69, 9.17) is 9.97 Å². The number of hydrogen-bond donors (Lipinski definition) is 0. The van der Waals surface area contributed by atoms with Crippen LogP contribution in [0.3, 0.4) is 0 Å². The van der Waals surface area contributed by atoms with Gasteiger partial charge in [-0.1, -0.05) is 184 Å². The molecule has 0 amide bonds. The molecule has 11 rings (SSSR count). The molecule has 2 aromatic heterocycles. The molecule has 0 saturated carbocycles. The average Bonchev–Trinajstić information content (AvgIpc) is 3.54. The number of aromatic nitrogens is 3. The number of nitrogens with zero attached hydrogens (tertiary/aromatic N) is 3. The van der Waals surface area contributed by atoms with Crippen LogP contribution in [-0.4, -0.2) is 15.0 Å². The van der Waals surface area contributed by atoms with E-state index >= 15 is 0 Å². The number of rotatable bonds is 6. The molecule has 278 valence electrons. The second-order valence-corrected chi connectivity index (χ2v) is 16.0. The molecule has 0 spiro atoms. The predicted octanol–water partition coefficient (Wildman–Crippen LogP) is 14.5. The lowest BCUT2D eigenvalue weighted by Gasteiger charge is -2.22. The molecule has 0 unspecified atom stereocenters. The van der Waals surface area contributed by atoms with E-state index in [1.807, 2.05) is 30.5 Å². The zero-order chi connectivity index (χ0) is 39.5. The first-order valence-electron chi connectivity index (χ1n) is 20.2. The Labute approximate surface area is 344 Å². The van der Waals surface area contributed by atoms with Crippen LogP contribution in [0.4, 0.5) is 0 Å². The number of hydrogen-bond acceptors (Lipinski definition) is 3. The molecule has 0 radical (unpaired) electrons. The lowest BCUT2D eigenvalue weighted by Crippen LogP contribution is -2.15. The van der Waals surface area contributed by atoms with Crippen LogP contribution in [0.5, 0.6) is 0 Å². The minimum absolute atomic E-state index is 0.0808. The van der Waals surface area contributed by atoms with Gasteiger partial charge >= 0.3 is 0 Å². The summed E-state index contributed by atoms with van der Waals surface area (Å²) in [6, 6.07) is 67.6. The first kappa shape index (κ1) is 34.7. The molecule has 10 aromatic rings. The van der Waals surface area contributed by atoms with Crippen molar-refractivity contribution in [3.05, 3.63) is 212 Å². The molecule has 0 fully saturated rings. The lowest BCUT2D eigenvalue weighted by atomic mass is 9.81. The Morgan fingerprint density at radius 2 is 0.966 bits per heavy atom. The maximum absolute atomic E-state index is 5.21. The Balaban J connectivity index is 0.961. The van der Waals surface area contributed by atoms with Crippen molar-refractivity contribution in [2.45, 2.75) is 19.3 Å². The summed E-state index contributed by atoms with van der Waals surface area (Å²) in [6.07, 6.45) is 3.69. The standard InChI is InChI=1S/C56H39N3/c1-56(2)50-31-27-38-11-6-7-15-45(38)54(50)49-28-26-42(33-51(49)56)36-18-22-39(23-19-36)44-29-30-48(47-17-9-8-16-46(44)47)53-34-52(58-55(59-53)41-12-4-3-5-13-41)40-24-20-37(21-25-40)43-14-10-32-57-35-43/h3-35H,1-2H3. The van der Waals surface area contributed by atoms with Gasteiger partial charge in [-0.2, -0.15) is 0 Å². The van der Waals surface area contributed by atoms with Crippen LogP contribution < -0.4 is 0 Å². The summed E-state index contributed by atoms with van der Waals surface area (Å²) in [6.45, 7) is 4.72. The summed E-state index contributed by atoms with van der Waals surface area (Å²) in [7, 11) is 0. The normalized spacial score (nSPS) is 12.7. The molecular formula is C56H39N3. The van der Waals surface area contributed by atoms with E-state index in [0.717, 1.165) is 44.6 Å². The summed E-state index contributed by atoms with van der Waals surface area (Å²) in [4.78, 5) is 14.6. The van der Waals surface area contributed by atoms with Gasteiger partial charge in [0, 0.05) is 34.5 Å². The highest BCUT2D eigenvalue weighted by atomic mass is 14.9. The molecule has 1 aliphatic rings. The van der Waals surface area contributed by atoms with Gasteiger partial charge in [0.05, 0.1) is 11.4 Å². The summed E-state index contributed by atoms with van der Waals surface area (Å²) < 4.78 is 0. The molecule has 3 nitrogen and oxygen atoms in total.